The fraction of sp³-hybridized carbons (Fsp3) is 0.571. The number of aryl methyl sites for hydroxylation is 2. The van der Waals surface area contributed by atoms with Gasteiger partial charge in [0.25, 0.3) is 0 Å². The van der Waals surface area contributed by atoms with Crippen LogP contribution in [0.4, 0.5) is 5.82 Å². The highest BCUT2D eigenvalue weighted by atomic mass is 32.1. The maximum Gasteiger partial charge on any atom is 0.137 e. The lowest BCUT2D eigenvalue weighted by molar-refractivity contribution is 0.268. The molecule has 1 saturated carbocycles. The molecule has 1 aliphatic carbocycles. The van der Waals surface area contributed by atoms with Crippen LogP contribution in [-0.4, -0.2) is 15.5 Å². The molecular weight excluding hydrogens is 242 g/mol. The predicted octanol–water partition coefficient (Wildman–Crippen LogP) is 3.08. The van der Waals surface area contributed by atoms with Gasteiger partial charge >= 0.3 is 0 Å². The predicted molar refractivity (Wildman–Crippen MR) is 80.1 cm³/mol. The van der Waals surface area contributed by atoms with Crippen LogP contribution < -0.4 is 11.1 Å². The molecule has 0 aromatic carbocycles. The molecule has 1 aromatic rings. The SMILES string of the molecule is CCC1(Nc2nc(C)cc(C)c2C(N)=S)CCC1. The third-order valence-corrected chi connectivity index (χ3v) is 4.17. The number of aromatic nitrogens is 1. The van der Waals surface area contributed by atoms with Crippen LogP contribution in [-0.2, 0) is 0 Å². The molecule has 0 unspecified atom stereocenters. The molecule has 2 rings (SSSR count). The first-order valence-electron chi connectivity index (χ1n) is 6.54. The second kappa shape index (κ2) is 4.84. The summed E-state index contributed by atoms with van der Waals surface area (Å²) in [6, 6.07) is 2.03. The second-order valence-electron chi connectivity index (χ2n) is 5.28. The summed E-state index contributed by atoms with van der Waals surface area (Å²) in [5.74, 6) is 0.863. The Morgan fingerprint density at radius 3 is 2.61 bits per heavy atom. The van der Waals surface area contributed by atoms with Gasteiger partial charge in [-0.1, -0.05) is 19.1 Å². The van der Waals surface area contributed by atoms with Crippen molar-refractivity contribution in [2.75, 3.05) is 5.32 Å². The normalized spacial score (nSPS) is 17.1. The first kappa shape index (κ1) is 13.3. The van der Waals surface area contributed by atoms with E-state index < -0.39 is 0 Å². The van der Waals surface area contributed by atoms with Crippen molar-refractivity contribution < 1.29 is 0 Å². The fourth-order valence-corrected chi connectivity index (χ4v) is 2.92. The van der Waals surface area contributed by atoms with Crippen LogP contribution in [0.1, 0.15) is 49.4 Å². The summed E-state index contributed by atoms with van der Waals surface area (Å²) in [5, 5.41) is 3.59. The average Bonchev–Trinajstić information content (AvgIpc) is 2.21. The minimum atomic E-state index is 0.201. The van der Waals surface area contributed by atoms with Crippen LogP contribution in [0.25, 0.3) is 0 Å². The minimum Gasteiger partial charge on any atom is -0.389 e. The molecule has 4 heteroatoms. The zero-order chi connectivity index (χ0) is 13.3. The van der Waals surface area contributed by atoms with Crippen molar-refractivity contribution in [3.63, 3.8) is 0 Å². The van der Waals surface area contributed by atoms with Crippen molar-refractivity contribution in [1.82, 2.24) is 4.98 Å². The van der Waals surface area contributed by atoms with Crippen LogP contribution in [0.5, 0.6) is 0 Å². The summed E-state index contributed by atoms with van der Waals surface area (Å²) < 4.78 is 0. The molecule has 1 fully saturated rings. The standard InChI is InChI=1S/C14H21N3S/c1-4-14(6-5-7-14)17-13-11(12(15)18)9(2)8-10(3)16-13/h8H,4-7H2,1-3H3,(H2,15,18)(H,16,17). The summed E-state index contributed by atoms with van der Waals surface area (Å²) in [7, 11) is 0. The largest absolute Gasteiger partial charge is 0.389 e. The lowest BCUT2D eigenvalue weighted by Crippen LogP contribution is -2.45. The van der Waals surface area contributed by atoms with E-state index in [2.05, 4.69) is 17.2 Å². The molecule has 18 heavy (non-hydrogen) atoms. The molecule has 3 nitrogen and oxygen atoms in total. The summed E-state index contributed by atoms with van der Waals surface area (Å²) in [6.07, 6.45) is 4.80. The lowest BCUT2D eigenvalue weighted by atomic mass is 9.75. The number of nitrogens with one attached hydrogen (secondary N) is 1. The van der Waals surface area contributed by atoms with E-state index in [-0.39, 0.29) is 5.54 Å². The van der Waals surface area contributed by atoms with E-state index in [0.29, 0.717) is 4.99 Å². The van der Waals surface area contributed by atoms with Gasteiger partial charge in [-0.15, -0.1) is 0 Å². The quantitative estimate of drug-likeness (QED) is 0.820. The highest BCUT2D eigenvalue weighted by Crippen LogP contribution is 2.38. The molecule has 0 amide bonds. The molecule has 0 radical (unpaired) electrons. The Morgan fingerprint density at radius 2 is 2.17 bits per heavy atom. The van der Waals surface area contributed by atoms with Gasteiger partial charge in [-0.3, -0.25) is 0 Å². The van der Waals surface area contributed by atoms with Crippen LogP contribution in [0.2, 0.25) is 0 Å². The Kier molecular flexibility index (Phi) is 3.57. The number of nitrogens with zero attached hydrogens (tertiary/aromatic N) is 1. The van der Waals surface area contributed by atoms with Crippen molar-refractivity contribution in [1.29, 1.82) is 0 Å². The van der Waals surface area contributed by atoms with E-state index in [1.807, 2.05) is 19.9 Å². The van der Waals surface area contributed by atoms with E-state index in [0.717, 1.165) is 29.1 Å². The summed E-state index contributed by atoms with van der Waals surface area (Å²) in [6.45, 7) is 6.25. The van der Waals surface area contributed by atoms with Gasteiger partial charge in [-0.05, 0) is 51.2 Å². The first-order chi connectivity index (χ1) is 8.47. The van der Waals surface area contributed by atoms with Gasteiger partial charge in [0.05, 0.1) is 5.56 Å². The Bertz CT molecular complexity index is 473. The molecular formula is C14H21N3S. The number of nitrogens with two attached hydrogens (primary N) is 1. The number of pyridine rings is 1. The van der Waals surface area contributed by atoms with Gasteiger partial charge in [-0.2, -0.15) is 0 Å². The zero-order valence-corrected chi connectivity index (χ0v) is 12.2. The Labute approximate surface area is 114 Å². The number of anilines is 1. The zero-order valence-electron chi connectivity index (χ0n) is 11.3. The first-order valence-corrected chi connectivity index (χ1v) is 6.94. The van der Waals surface area contributed by atoms with Crippen LogP contribution in [0, 0.1) is 13.8 Å². The van der Waals surface area contributed by atoms with E-state index in [4.69, 9.17) is 18.0 Å². The van der Waals surface area contributed by atoms with Crippen LogP contribution >= 0.6 is 12.2 Å². The molecule has 3 N–H and O–H groups in total. The van der Waals surface area contributed by atoms with Crippen molar-refractivity contribution >= 4 is 23.0 Å². The fourth-order valence-electron chi connectivity index (χ4n) is 2.66. The maximum absolute atomic E-state index is 5.84. The van der Waals surface area contributed by atoms with Gasteiger partial charge in [0.1, 0.15) is 10.8 Å². The number of hydrogen-bond acceptors (Lipinski definition) is 3. The van der Waals surface area contributed by atoms with Crippen LogP contribution in [0.3, 0.4) is 0 Å². The Hall–Kier alpha value is -1.16. The van der Waals surface area contributed by atoms with E-state index >= 15 is 0 Å². The second-order valence-corrected chi connectivity index (χ2v) is 5.72. The molecule has 1 aromatic heterocycles. The molecule has 0 spiro atoms. The minimum absolute atomic E-state index is 0.201. The maximum atomic E-state index is 5.84. The monoisotopic (exact) mass is 263 g/mol. The van der Waals surface area contributed by atoms with Crippen molar-refractivity contribution in [2.24, 2.45) is 5.73 Å². The molecule has 0 saturated heterocycles. The van der Waals surface area contributed by atoms with Crippen molar-refractivity contribution in [3.05, 3.63) is 22.9 Å². The average molecular weight is 263 g/mol. The topological polar surface area (TPSA) is 50.9 Å². The van der Waals surface area contributed by atoms with E-state index in [1.54, 1.807) is 0 Å². The molecule has 0 bridgehead atoms. The molecule has 0 atom stereocenters. The highest BCUT2D eigenvalue weighted by Gasteiger charge is 2.36. The van der Waals surface area contributed by atoms with Gasteiger partial charge in [0, 0.05) is 11.2 Å². The lowest BCUT2D eigenvalue weighted by Gasteiger charge is -2.43. The smallest absolute Gasteiger partial charge is 0.137 e. The molecule has 0 aliphatic heterocycles. The van der Waals surface area contributed by atoms with Crippen molar-refractivity contribution in [2.45, 2.75) is 52.0 Å². The van der Waals surface area contributed by atoms with Crippen LogP contribution in [0.15, 0.2) is 6.07 Å². The van der Waals surface area contributed by atoms with E-state index in [1.165, 1.54) is 19.3 Å². The van der Waals surface area contributed by atoms with E-state index in [9.17, 15) is 0 Å². The van der Waals surface area contributed by atoms with Crippen molar-refractivity contribution in [3.8, 4) is 0 Å². The third kappa shape index (κ3) is 2.34. The molecule has 98 valence electrons. The van der Waals surface area contributed by atoms with Gasteiger partial charge in [0.15, 0.2) is 0 Å². The Balaban J connectivity index is 2.39. The van der Waals surface area contributed by atoms with Gasteiger partial charge in [-0.25, -0.2) is 4.98 Å². The molecule has 1 heterocycles. The summed E-state index contributed by atoms with van der Waals surface area (Å²) in [5.41, 5.74) is 9.04. The molecule has 1 aliphatic rings. The third-order valence-electron chi connectivity index (χ3n) is 3.96. The van der Waals surface area contributed by atoms with Gasteiger partial charge < -0.3 is 11.1 Å². The number of thiocarbonyl (C=S) groups is 1. The number of hydrogen-bond donors (Lipinski definition) is 2. The summed E-state index contributed by atoms with van der Waals surface area (Å²) in [4.78, 5) is 5.02. The summed E-state index contributed by atoms with van der Waals surface area (Å²) >= 11 is 5.16. The number of rotatable bonds is 4. The van der Waals surface area contributed by atoms with Gasteiger partial charge in [0.2, 0.25) is 0 Å². The highest BCUT2D eigenvalue weighted by molar-refractivity contribution is 7.80. The Morgan fingerprint density at radius 1 is 1.50 bits per heavy atom.